The Balaban J connectivity index is 1.29. The molecule has 1 heterocycles. The van der Waals surface area contributed by atoms with E-state index < -0.39 is 11.5 Å². The van der Waals surface area contributed by atoms with Gasteiger partial charge in [-0.05, 0) is 66.4 Å². The number of amides is 1. The fourth-order valence-electron chi connectivity index (χ4n) is 5.94. The lowest BCUT2D eigenvalue weighted by Gasteiger charge is -2.31. The molecule has 4 aromatic carbocycles. The SMILES string of the molecule is COCCC(CC=CN(O)C(=O)c1cccc(Oc2ccccc2)c1)OC1COC(c2ccccc2)(c2cc(OC)c(OC)c(OC)c2)C1. The minimum atomic E-state index is -0.840. The fourth-order valence-corrected chi connectivity index (χ4v) is 5.94. The third kappa shape index (κ3) is 8.60. The first kappa shape index (κ1) is 35.4. The second kappa shape index (κ2) is 17.0. The molecule has 1 saturated heterocycles. The molecule has 3 unspecified atom stereocenters. The van der Waals surface area contributed by atoms with Crippen molar-refractivity contribution in [3.05, 3.63) is 126 Å². The zero-order valence-corrected chi connectivity index (χ0v) is 28.2. The Bertz CT molecular complexity index is 1660. The van der Waals surface area contributed by atoms with E-state index in [9.17, 15) is 10.0 Å². The minimum Gasteiger partial charge on any atom is -0.493 e. The molecule has 3 atom stereocenters. The second-order valence-corrected chi connectivity index (χ2v) is 11.5. The van der Waals surface area contributed by atoms with Crippen molar-refractivity contribution in [3.8, 4) is 28.7 Å². The number of benzene rings is 4. The molecular weight excluding hydrogens is 626 g/mol. The van der Waals surface area contributed by atoms with Crippen LogP contribution in [0.5, 0.6) is 28.7 Å². The molecule has 1 aliphatic rings. The molecule has 5 rings (SSSR count). The van der Waals surface area contributed by atoms with Crippen LogP contribution in [-0.2, 0) is 19.8 Å². The smallest absolute Gasteiger partial charge is 0.281 e. The Morgan fingerprint density at radius 2 is 1.55 bits per heavy atom. The van der Waals surface area contributed by atoms with Crippen LogP contribution in [0.2, 0.25) is 0 Å². The van der Waals surface area contributed by atoms with Crippen LogP contribution in [0.4, 0.5) is 0 Å². The highest BCUT2D eigenvalue weighted by atomic mass is 16.6. The van der Waals surface area contributed by atoms with Crippen molar-refractivity contribution in [2.45, 2.75) is 37.1 Å². The van der Waals surface area contributed by atoms with E-state index in [1.54, 1.807) is 58.8 Å². The van der Waals surface area contributed by atoms with Gasteiger partial charge in [-0.1, -0.05) is 60.7 Å². The molecule has 1 N–H and O–H groups in total. The number of hydroxylamine groups is 2. The average Bonchev–Trinajstić information content (AvgIpc) is 3.58. The zero-order valence-electron chi connectivity index (χ0n) is 28.2. The first-order valence-electron chi connectivity index (χ1n) is 16.1. The molecule has 0 saturated carbocycles. The van der Waals surface area contributed by atoms with Crippen molar-refractivity contribution in [1.29, 1.82) is 0 Å². The van der Waals surface area contributed by atoms with E-state index >= 15 is 0 Å². The summed E-state index contributed by atoms with van der Waals surface area (Å²) in [6.45, 7) is 0.809. The number of carbonyl (C=O) groups is 1. The van der Waals surface area contributed by atoms with Gasteiger partial charge in [-0.25, -0.2) is 0 Å². The number of carbonyl (C=O) groups excluding carboxylic acids is 1. The zero-order chi connectivity index (χ0) is 34.6. The molecule has 0 spiro atoms. The molecule has 0 radical (unpaired) electrons. The minimum absolute atomic E-state index is 0.270. The summed E-state index contributed by atoms with van der Waals surface area (Å²) in [5, 5.41) is 11.2. The van der Waals surface area contributed by atoms with E-state index in [0.717, 1.165) is 11.1 Å². The number of nitrogens with zero attached hydrogens (tertiary/aromatic N) is 1. The summed E-state index contributed by atoms with van der Waals surface area (Å²) in [6, 6.07) is 29.8. The van der Waals surface area contributed by atoms with Gasteiger partial charge in [0.25, 0.3) is 5.91 Å². The van der Waals surface area contributed by atoms with Gasteiger partial charge < -0.3 is 33.2 Å². The van der Waals surface area contributed by atoms with E-state index in [1.165, 1.54) is 6.20 Å². The van der Waals surface area contributed by atoms with Crippen LogP contribution in [0.1, 0.15) is 40.7 Å². The topological polar surface area (TPSA) is 105 Å². The van der Waals surface area contributed by atoms with Gasteiger partial charge >= 0.3 is 0 Å². The maximum atomic E-state index is 13.0. The van der Waals surface area contributed by atoms with E-state index in [0.29, 0.717) is 66.3 Å². The quantitative estimate of drug-likeness (QED) is 0.0966. The Morgan fingerprint density at radius 1 is 0.878 bits per heavy atom. The summed E-state index contributed by atoms with van der Waals surface area (Å²) in [7, 11) is 6.39. The lowest BCUT2D eigenvalue weighted by atomic mass is 9.83. The van der Waals surface area contributed by atoms with Crippen LogP contribution >= 0.6 is 0 Å². The van der Waals surface area contributed by atoms with E-state index in [2.05, 4.69) is 0 Å². The number of rotatable bonds is 16. The lowest BCUT2D eigenvalue weighted by molar-refractivity contribution is -0.0319. The van der Waals surface area contributed by atoms with Crippen molar-refractivity contribution in [3.63, 3.8) is 0 Å². The third-order valence-electron chi connectivity index (χ3n) is 8.34. The van der Waals surface area contributed by atoms with E-state index in [1.807, 2.05) is 72.8 Å². The standard InChI is InChI=1S/C39H43NO9/c1-43-22-20-32(19-12-21-40(42)38(41)28-13-11-18-33(23-28)48-31-16-9-6-10-17-31)49-34-26-39(47-27-34,29-14-7-5-8-15-29)30-24-35(44-2)37(46-4)36(25-30)45-3/h5-18,21,23-25,32,34,42H,19-20,22,26-27H2,1-4H3. The number of methoxy groups -OCH3 is 4. The normalized spacial score (nSPS) is 17.9. The largest absolute Gasteiger partial charge is 0.493 e. The van der Waals surface area contributed by atoms with Gasteiger partial charge in [0.2, 0.25) is 5.75 Å². The van der Waals surface area contributed by atoms with Gasteiger partial charge in [-0.2, -0.15) is 5.06 Å². The Kier molecular flexibility index (Phi) is 12.3. The highest BCUT2D eigenvalue weighted by molar-refractivity contribution is 5.94. The predicted octanol–water partition coefficient (Wildman–Crippen LogP) is 7.39. The first-order chi connectivity index (χ1) is 23.9. The van der Waals surface area contributed by atoms with E-state index in [4.69, 9.17) is 33.2 Å². The average molecular weight is 670 g/mol. The van der Waals surface area contributed by atoms with Crippen LogP contribution in [0.15, 0.2) is 109 Å². The molecule has 49 heavy (non-hydrogen) atoms. The van der Waals surface area contributed by atoms with Crippen LogP contribution in [0.25, 0.3) is 0 Å². The Morgan fingerprint density at radius 3 is 2.20 bits per heavy atom. The molecule has 10 nitrogen and oxygen atoms in total. The van der Waals surface area contributed by atoms with Crippen LogP contribution in [0.3, 0.4) is 0 Å². The summed E-state index contributed by atoms with van der Waals surface area (Å²) >= 11 is 0. The summed E-state index contributed by atoms with van der Waals surface area (Å²) in [5.41, 5.74) is 1.25. The number of hydrogen-bond donors (Lipinski definition) is 1. The second-order valence-electron chi connectivity index (χ2n) is 11.5. The molecule has 0 aliphatic carbocycles. The highest BCUT2D eigenvalue weighted by Crippen LogP contribution is 2.48. The van der Waals surface area contributed by atoms with Crippen molar-refractivity contribution >= 4 is 5.91 Å². The summed E-state index contributed by atoms with van der Waals surface area (Å²) in [6.07, 6.45) is 4.04. The number of hydrogen-bond acceptors (Lipinski definition) is 9. The summed E-state index contributed by atoms with van der Waals surface area (Å²) in [4.78, 5) is 13.0. The molecule has 1 amide bonds. The third-order valence-corrected chi connectivity index (χ3v) is 8.34. The number of ether oxygens (including phenoxy) is 7. The van der Waals surface area contributed by atoms with Crippen molar-refractivity contribution < 1.29 is 43.2 Å². The lowest BCUT2D eigenvalue weighted by Crippen LogP contribution is -2.29. The van der Waals surface area contributed by atoms with Gasteiger partial charge in [0.1, 0.15) is 17.1 Å². The van der Waals surface area contributed by atoms with Crippen LogP contribution in [-0.4, -0.2) is 70.0 Å². The monoisotopic (exact) mass is 669 g/mol. The first-order valence-corrected chi connectivity index (χ1v) is 16.1. The molecule has 10 heteroatoms. The molecule has 1 aliphatic heterocycles. The van der Waals surface area contributed by atoms with Crippen LogP contribution in [0, 0.1) is 0 Å². The van der Waals surface area contributed by atoms with E-state index in [-0.39, 0.29) is 17.8 Å². The summed E-state index contributed by atoms with van der Waals surface area (Å²) < 4.78 is 41.4. The van der Waals surface area contributed by atoms with Gasteiger partial charge in [0.15, 0.2) is 11.5 Å². The maximum absolute atomic E-state index is 13.0. The Hall–Kier alpha value is -4.87. The fraction of sp³-hybridized carbons (Fsp3) is 0.308. The van der Waals surface area contributed by atoms with Crippen molar-refractivity contribution in [2.75, 3.05) is 41.7 Å². The molecule has 4 aromatic rings. The van der Waals surface area contributed by atoms with Gasteiger partial charge in [-0.3, -0.25) is 10.0 Å². The van der Waals surface area contributed by atoms with Crippen molar-refractivity contribution in [2.24, 2.45) is 0 Å². The molecule has 258 valence electrons. The highest BCUT2D eigenvalue weighted by Gasteiger charge is 2.45. The Labute approximate surface area is 287 Å². The number of para-hydroxylation sites is 1. The van der Waals surface area contributed by atoms with Gasteiger partial charge in [-0.15, -0.1) is 0 Å². The molecule has 0 bridgehead atoms. The van der Waals surface area contributed by atoms with Gasteiger partial charge in [0, 0.05) is 31.9 Å². The van der Waals surface area contributed by atoms with Crippen LogP contribution < -0.4 is 18.9 Å². The summed E-state index contributed by atoms with van der Waals surface area (Å²) in [5.74, 6) is 2.10. The molecular formula is C39H43NO9. The molecule has 0 aromatic heterocycles. The predicted molar refractivity (Wildman–Crippen MR) is 184 cm³/mol. The van der Waals surface area contributed by atoms with Crippen molar-refractivity contribution in [1.82, 2.24) is 5.06 Å². The van der Waals surface area contributed by atoms with Gasteiger partial charge in [0.05, 0.1) is 40.1 Å². The maximum Gasteiger partial charge on any atom is 0.281 e. The molecule has 1 fully saturated rings.